The van der Waals surface area contributed by atoms with Gasteiger partial charge < -0.3 is 10.0 Å². The highest BCUT2D eigenvalue weighted by Crippen LogP contribution is 2.47. The van der Waals surface area contributed by atoms with Crippen LogP contribution in [0, 0.1) is 0 Å². The van der Waals surface area contributed by atoms with Gasteiger partial charge in [0.1, 0.15) is 17.5 Å². The van der Waals surface area contributed by atoms with Crippen LogP contribution in [-0.2, 0) is 11.8 Å². The van der Waals surface area contributed by atoms with E-state index in [1.807, 2.05) is 37.4 Å². The molecule has 174 valence electrons. The number of carbonyl (C=O) groups is 1. The number of aliphatic hydroxyl groups excluding tert-OH is 1. The standard InChI is InChI=1S/C27H25IN2O2S2/c1-29-20-10-4-6-12-22(20)33-24(29)16-18-26(31)19(27(18)32)17-25-30(15-9-3-2-8-14-28)21-11-5-7-13-23(21)34-25/h4-7,10-13,16-17H,2-3,8-9,14-15H2,1H3/p+1. The van der Waals surface area contributed by atoms with Crippen molar-refractivity contribution in [3.05, 3.63) is 81.5 Å². The van der Waals surface area contributed by atoms with Crippen molar-refractivity contribution in [2.75, 3.05) is 15.9 Å². The average Bonchev–Trinajstić information content (AvgIpc) is 3.37. The number of hydrogen-bond acceptors (Lipinski definition) is 5. The maximum Gasteiger partial charge on any atom is 0.263 e. The largest absolute Gasteiger partial charge is 0.506 e. The van der Waals surface area contributed by atoms with Crippen LogP contribution in [0.1, 0.15) is 30.7 Å². The number of para-hydroxylation sites is 2. The fourth-order valence-corrected chi connectivity index (χ4v) is 7.08. The molecule has 0 radical (unpaired) electrons. The van der Waals surface area contributed by atoms with Crippen LogP contribution in [0.2, 0.25) is 0 Å². The smallest absolute Gasteiger partial charge is 0.263 e. The van der Waals surface area contributed by atoms with Crippen LogP contribution in [-0.4, -0.2) is 21.9 Å². The predicted molar refractivity (Wildman–Crippen MR) is 151 cm³/mol. The lowest BCUT2D eigenvalue weighted by molar-refractivity contribution is -0.642. The maximum absolute atomic E-state index is 13.0. The molecule has 4 nitrogen and oxygen atoms in total. The number of aryl methyl sites for hydroxylation is 1. The molecule has 0 atom stereocenters. The van der Waals surface area contributed by atoms with Crippen molar-refractivity contribution >= 4 is 73.5 Å². The quantitative estimate of drug-likeness (QED) is 0.0998. The topological polar surface area (TPSA) is 44.4 Å². The second-order valence-electron chi connectivity index (χ2n) is 8.42. The van der Waals surface area contributed by atoms with E-state index in [-0.39, 0.29) is 11.5 Å². The van der Waals surface area contributed by atoms with Crippen LogP contribution in [0.5, 0.6) is 0 Å². The number of thioether (sulfide) groups is 1. The predicted octanol–water partition coefficient (Wildman–Crippen LogP) is 6.95. The summed E-state index contributed by atoms with van der Waals surface area (Å²) in [4.78, 5) is 16.5. The van der Waals surface area contributed by atoms with E-state index in [9.17, 15) is 9.90 Å². The Balaban J connectivity index is 1.41. The Labute approximate surface area is 221 Å². The van der Waals surface area contributed by atoms with Gasteiger partial charge in [-0.1, -0.05) is 82.8 Å². The van der Waals surface area contributed by atoms with E-state index in [0.29, 0.717) is 11.1 Å². The zero-order valence-electron chi connectivity index (χ0n) is 19.0. The van der Waals surface area contributed by atoms with Crippen molar-refractivity contribution < 1.29 is 14.5 Å². The highest BCUT2D eigenvalue weighted by atomic mass is 127. The Kier molecular flexibility index (Phi) is 7.13. The van der Waals surface area contributed by atoms with Crippen molar-refractivity contribution in [3.8, 4) is 0 Å². The molecule has 0 saturated heterocycles. The fourth-order valence-electron chi connectivity index (χ4n) is 4.31. The third-order valence-corrected chi connectivity index (χ3v) is 9.25. The normalized spacial score (nSPS) is 17.8. The van der Waals surface area contributed by atoms with Gasteiger partial charge in [0.25, 0.3) is 5.01 Å². The maximum atomic E-state index is 13.0. The first-order valence-electron chi connectivity index (χ1n) is 11.5. The number of benzene rings is 2. The highest BCUT2D eigenvalue weighted by molar-refractivity contribution is 14.1. The number of Topliss-reactive ketones (excluding diaryl/α,β-unsaturated/α-hetero) is 1. The molecule has 0 unspecified atom stereocenters. The lowest BCUT2D eigenvalue weighted by Crippen LogP contribution is -2.30. The number of aliphatic hydroxyl groups is 1. The molecule has 0 amide bonds. The number of thiazole rings is 1. The van der Waals surface area contributed by atoms with E-state index >= 15 is 0 Å². The number of halogens is 1. The van der Waals surface area contributed by atoms with Gasteiger partial charge in [0.05, 0.1) is 21.9 Å². The Morgan fingerprint density at radius 2 is 1.79 bits per heavy atom. The molecule has 2 heterocycles. The molecular formula is C27H26IN2O2S2+. The summed E-state index contributed by atoms with van der Waals surface area (Å²) in [6.45, 7) is 0.916. The summed E-state index contributed by atoms with van der Waals surface area (Å²) in [6.07, 6.45) is 8.50. The van der Waals surface area contributed by atoms with E-state index in [2.05, 4.69) is 62.4 Å². The number of aromatic nitrogens is 1. The number of unbranched alkanes of at least 4 members (excludes halogenated alkanes) is 3. The van der Waals surface area contributed by atoms with Gasteiger partial charge in [0.15, 0.2) is 0 Å². The van der Waals surface area contributed by atoms with Crippen LogP contribution in [0.15, 0.2) is 81.4 Å². The molecule has 3 aromatic rings. The third kappa shape index (κ3) is 4.45. The number of rotatable bonds is 8. The molecule has 7 heteroatoms. The lowest BCUT2D eigenvalue weighted by Gasteiger charge is -2.23. The van der Waals surface area contributed by atoms with Gasteiger partial charge in [-0.2, -0.15) is 4.57 Å². The minimum atomic E-state index is -0.0963. The summed E-state index contributed by atoms with van der Waals surface area (Å²) in [5.74, 6) is -0.00508. The molecule has 0 saturated carbocycles. The summed E-state index contributed by atoms with van der Waals surface area (Å²) >= 11 is 5.72. The molecule has 0 bridgehead atoms. The Morgan fingerprint density at radius 3 is 2.59 bits per heavy atom. The highest BCUT2D eigenvalue weighted by Gasteiger charge is 2.35. The molecule has 2 aliphatic rings. The SMILES string of the molecule is C[n+]1c(/C=C2/C(=O)C(/C=C3\Sc4ccccc4N3CCCCCCI)=C2O)sc2ccccc21. The van der Waals surface area contributed by atoms with Crippen molar-refractivity contribution in [2.45, 2.75) is 30.6 Å². The van der Waals surface area contributed by atoms with Crippen molar-refractivity contribution in [1.29, 1.82) is 0 Å². The lowest BCUT2D eigenvalue weighted by atomic mass is 9.88. The minimum Gasteiger partial charge on any atom is -0.506 e. The molecule has 1 N–H and O–H groups in total. The van der Waals surface area contributed by atoms with Gasteiger partial charge in [-0.05, 0) is 41.5 Å². The molecule has 34 heavy (non-hydrogen) atoms. The van der Waals surface area contributed by atoms with Crippen molar-refractivity contribution in [3.63, 3.8) is 0 Å². The molecule has 2 aromatic carbocycles. The third-order valence-electron chi connectivity index (χ3n) is 6.21. The molecule has 1 aromatic heterocycles. The Bertz CT molecular complexity index is 1360. The number of allylic oxidation sites excluding steroid dienone is 3. The summed E-state index contributed by atoms with van der Waals surface area (Å²) in [5, 5.41) is 12.8. The number of alkyl halides is 1. The summed E-state index contributed by atoms with van der Waals surface area (Å²) < 4.78 is 4.42. The van der Waals surface area contributed by atoms with E-state index in [1.165, 1.54) is 34.3 Å². The van der Waals surface area contributed by atoms with Crippen LogP contribution in [0.4, 0.5) is 5.69 Å². The summed E-state index contributed by atoms with van der Waals surface area (Å²) in [6, 6.07) is 16.5. The first-order chi connectivity index (χ1) is 16.6. The number of carbonyl (C=O) groups excluding carboxylic acids is 1. The van der Waals surface area contributed by atoms with Crippen LogP contribution >= 0.6 is 45.7 Å². The van der Waals surface area contributed by atoms with Crippen LogP contribution in [0.25, 0.3) is 16.3 Å². The monoisotopic (exact) mass is 601 g/mol. The van der Waals surface area contributed by atoms with Crippen molar-refractivity contribution in [2.24, 2.45) is 7.05 Å². The average molecular weight is 602 g/mol. The Hall–Kier alpha value is -2.10. The molecule has 5 rings (SSSR count). The van der Waals surface area contributed by atoms with E-state index < -0.39 is 0 Å². The summed E-state index contributed by atoms with van der Waals surface area (Å²) in [7, 11) is 1.99. The van der Waals surface area contributed by atoms with Crippen LogP contribution < -0.4 is 9.47 Å². The van der Waals surface area contributed by atoms with Gasteiger partial charge in [0.2, 0.25) is 11.3 Å². The second-order valence-corrected chi connectivity index (χ2v) is 11.6. The second kappa shape index (κ2) is 10.3. The molecule has 0 spiro atoms. The zero-order chi connectivity index (χ0) is 23.7. The van der Waals surface area contributed by atoms with E-state index in [0.717, 1.165) is 33.2 Å². The first kappa shape index (κ1) is 23.6. The van der Waals surface area contributed by atoms with E-state index in [4.69, 9.17) is 0 Å². The summed E-state index contributed by atoms with van der Waals surface area (Å²) in [5.41, 5.74) is 3.10. The number of nitrogens with zero attached hydrogens (tertiary/aromatic N) is 2. The number of hydrogen-bond donors (Lipinski definition) is 1. The van der Waals surface area contributed by atoms with E-state index in [1.54, 1.807) is 23.1 Å². The molecule has 0 fully saturated rings. The Morgan fingerprint density at radius 1 is 1.03 bits per heavy atom. The fraction of sp³-hybridized carbons (Fsp3) is 0.259. The van der Waals surface area contributed by atoms with Gasteiger partial charge in [-0.3, -0.25) is 4.79 Å². The molecular weight excluding hydrogens is 575 g/mol. The number of ketones is 1. The van der Waals surface area contributed by atoms with Crippen LogP contribution in [0.3, 0.4) is 0 Å². The van der Waals surface area contributed by atoms with Gasteiger partial charge in [-0.25, -0.2) is 0 Å². The van der Waals surface area contributed by atoms with Gasteiger partial charge in [-0.15, -0.1) is 0 Å². The minimum absolute atomic E-state index is 0.0912. The van der Waals surface area contributed by atoms with Crippen molar-refractivity contribution in [1.82, 2.24) is 0 Å². The molecule has 1 aliphatic heterocycles. The van der Waals surface area contributed by atoms with Gasteiger partial charge in [0, 0.05) is 23.6 Å². The number of fused-ring (bicyclic) bond motifs is 2. The zero-order valence-corrected chi connectivity index (χ0v) is 22.8. The number of anilines is 1. The van der Waals surface area contributed by atoms with Gasteiger partial charge >= 0.3 is 0 Å². The molecule has 1 aliphatic carbocycles. The first-order valence-corrected chi connectivity index (χ1v) is 14.6.